The minimum Gasteiger partial charge on any atom is -0.342 e. The average molecular weight is 493 g/mol. The molecule has 1 saturated carbocycles. The van der Waals surface area contributed by atoms with Crippen LogP contribution in [-0.4, -0.2) is 51.3 Å². The van der Waals surface area contributed by atoms with E-state index in [1.54, 1.807) is 0 Å². The number of rotatable bonds is 4. The highest BCUT2D eigenvalue weighted by atomic mass is 79.9. The minimum atomic E-state index is 0.302. The van der Waals surface area contributed by atoms with E-state index in [-0.39, 0.29) is 0 Å². The highest BCUT2D eigenvalue weighted by Gasteiger charge is 2.43. The maximum absolute atomic E-state index is 12.9. The second-order valence-electron chi connectivity index (χ2n) is 9.78. The second kappa shape index (κ2) is 8.31. The summed E-state index contributed by atoms with van der Waals surface area (Å²) in [5.74, 6) is 1.95. The fraction of sp³-hybridized carbons (Fsp3) is 0.462. The molecule has 166 valence electrons. The molecule has 2 atom stereocenters. The molecule has 0 spiro atoms. The molecule has 5 nitrogen and oxygen atoms in total. The lowest BCUT2D eigenvalue weighted by atomic mass is 10.0. The van der Waals surface area contributed by atoms with Crippen LogP contribution in [-0.2, 0) is 11.3 Å². The maximum atomic E-state index is 12.9. The zero-order valence-electron chi connectivity index (χ0n) is 18.3. The van der Waals surface area contributed by atoms with Gasteiger partial charge in [0, 0.05) is 54.9 Å². The lowest BCUT2D eigenvalue weighted by molar-refractivity contribution is -0.134. The van der Waals surface area contributed by atoms with Gasteiger partial charge < -0.3 is 9.30 Å². The van der Waals surface area contributed by atoms with Gasteiger partial charge in [-0.05, 0) is 48.9 Å². The quantitative estimate of drug-likeness (QED) is 0.522. The van der Waals surface area contributed by atoms with Gasteiger partial charge in [0.25, 0.3) is 0 Å². The normalized spacial score (nSPS) is 24.0. The van der Waals surface area contributed by atoms with Gasteiger partial charge in [-0.2, -0.15) is 0 Å². The molecule has 2 unspecified atom stereocenters. The van der Waals surface area contributed by atoms with Crippen LogP contribution in [0.5, 0.6) is 0 Å². The van der Waals surface area contributed by atoms with E-state index in [1.807, 2.05) is 6.07 Å². The Morgan fingerprint density at radius 2 is 1.69 bits per heavy atom. The SMILES string of the molecule is O=C(C1CCCC1)N1CC2CN(Cc3c(-c4ccc(Br)cc4)nc4ccccn34)CC2C1. The third-order valence-corrected chi connectivity index (χ3v) is 8.23. The van der Waals surface area contributed by atoms with Crippen molar-refractivity contribution < 1.29 is 4.79 Å². The summed E-state index contributed by atoms with van der Waals surface area (Å²) < 4.78 is 3.32. The largest absolute Gasteiger partial charge is 0.342 e. The van der Waals surface area contributed by atoms with Crippen molar-refractivity contribution in [3.05, 3.63) is 58.8 Å². The lowest BCUT2D eigenvalue weighted by Gasteiger charge is -2.24. The number of pyridine rings is 1. The van der Waals surface area contributed by atoms with E-state index >= 15 is 0 Å². The van der Waals surface area contributed by atoms with Gasteiger partial charge in [0.15, 0.2) is 0 Å². The Hall–Kier alpha value is -2.18. The number of imidazole rings is 1. The van der Waals surface area contributed by atoms with Crippen LogP contribution in [0.1, 0.15) is 31.4 Å². The molecule has 0 bridgehead atoms. The van der Waals surface area contributed by atoms with Crippen molar-refractivity contribution in [2.24, 2.45) is 17.8 Å². The molecule has 32 heavy (non-hydrogen) atoms. The number of benzene rings is 1. The molecule has 0 N–H and O–H groups in total. The molecule has 3 aromatic rings. The number of carbonyl (C=O) groups excluding carboxylic acids is 1. The number of hydrogen-bond acceptors (Lipinski definition) is 3. The molecule has 1 aromatic carbocycles. The summed E-state index contributed by atoms with van der Waals surface area (Å²) in [7, 11) is 0. The van der Waals surface area contributed by atoms with Gasteiger partial charge in [0.2, 0.25) is 5.91 Å². The average Bonchev–Trinajstić information content (AvgIpc) is 3.58. The molecular formula is C26H29BrN4O. The van der Waals surface area contributed by atoms with E-state index in [4.69, 9.17) is 4.98 Å². The van der Waals surface area contributed by atoms with E-state index in [1.165, 1.54) is 18.5 Å². The van der Waals surface area contributed by atoms with Crippen molar-refractivity contribution in [2.75, 3.05) is 26.2 Å². The first-order valence-electron chi connectivity index (χ1n) is 11.9. The molecule has 6 rings (SSSR count). The third kappa shape index (κ3) is 3.67. The Morgan fingerprint density at radius 3 is 2.41 bits per heavy atom. The van der Waals surface area contributed by atoms with E-state index in [0.29, 0.717) is 23.7 Å². The fourth-order valence-electron chi connectivity index (χ4n) is 6.08. The van der Waals surface area contributed by atoms with Gasteiger partial charge in [-0.3, -0.25) is 9.69 Å². The predicted molar refractivity (Wildman–Crippen MR) is 129 cm³/mol. The Kier molecular flexibility index (Phi) is 5.30. The van der Waals surface area contributed by atoms with Gasteiger partial charge in [0.1, 0.15) is 5.65 Å². The summed E-state index contributed by atoms with van der Waals surface area (Å²) in [4.78, 5) is 22.6. The highest BCUT2D eigenvalue weighted by molar-refractivity contribution is 9.10. The second-order valence-corrected chi connectivity index (χ2v) is 10.7. The maximum Gasteiger partial charge on any atom is 0.225 e. The third-order valence-electron chi connectivity index (χ3n) is 7.70. The lowest BCUT2D eigenvalue weighted by Crippen LogP contribution is -2.36. The topological polar surface area (TPSA) is 40.9 Å². The molecule has 1 amide bonds. The number of halogens is 1. The molecule has 2 aliphatic heterocycles. The summed E-state index contributed by atoms with van der Waals surface area (Å²) in [5, 5.41) is 0. The molecule has 6 heteroatoms. The number of aromatic nitrogens is 2. The molecule has 1 aliphatic carbocycles. The van der Waals surface area contributed by atoms with Crippen molar-refractivity contribution in [1.29, 1.82) is 0 Å². The summed E-state index contributed by atoms with van der Waals surface area (Å²) >= 11 is 3.54. The van der Waals surface area contributed by atoms with Crippen LogP contribution in [0.3, 0.4) is 0 Å². The number of fused-ring (bicyclic) bond motifs is 2. The predicted octanol–water partition coefficient (Wildman–Crippen LogP) is 4.84. The van der Waals surface area contributed by atoms with Crippen LogP contribution in [0, 0.1) is 17.8 Å². The molecule has 3 aliphatic rings. The molecule has 0 radical (unpaired) electrons. The Bertz CT molecular complexity index is 1120. The van der Waals surface area contributed by atoms with E-state index in [0.717, 1.165) is 66.9 Å². The van der Waals surface area contributed by atoms with Crippen molar-refractivity contribution >= 4 is 27.5 Å². The Labute approximate surface area is 197 Å². The molecular weight excluding hydrogens is 464 g/mol. The number of nitrogens with zero attached hydrogens (tertiary/aromatic N) is 4. The van der Waals surface area contributed by atoms with Crippen molar-refractivity contribution in [3.8, 4) is 11.3 Å². The molecule has 2 aromatic heterocycles. The van der Waals surface area contributed by atoms with Crippen LogP contribution in [0.15, 0.2) is 53.1 Å². The summed E-state index contributed by atoms with van der Waals surface area (Å²) in [6.45, 7) is 4.92. The molecule has 3 fully saturated rings. The van der Waals surface area contributed by atoms with Crippen LogP contribution in [0.2, 0.25) is 0 Å². The van der Waals surface area contributed by atoms with Gasteiger partial charge in [-0.15, -0.1) is 0 Å². The smallest absolute Gasteiger partial charge is 0.225 e. The van der Waals surface area contributed by atoms with E-state index < -0.39 is 0 Å². The Balaban J connectivity index is 1.20. The fourth-order valence-corrected chi connectivity index (χ4v) is 6.34. The van der Waals surface area contributed by atoms with Crippen LogP contribution in [0.4, 0.5) is 0 Å². The van der Waals surface area contributed by atoms with Crippen LogP contribution in [0.25, 0.3) is 16.9 Å². The van der Waals surface area contributed by atoms with Crippen molar-refractivity contribution in [3.63, 3.8) is 0 Å². The number of likely N-dealkylation sites (tertiary alicyclic amines) is 2. The molecule has 4 heterocycles. The van der Waals surface area contributed by atoms with Gasteiger partial charge in [-0.25, -0.2) is 4.98 Å². The van der Waals surface area contributed by atoms with Crippen molar-refractivity contribution in [2.45, 2.75) is 32.2 Å². The first-order valence-corrected chi connectivity index (χ1v) is 12.7. The summed E-state index contributed by atoms with van der Waals surface area (Å²) in [6.07, 6.45) is 6.78. The van der Waals surface area contributed by atoms with Crippen LogP contribution >= 0.6 is 15.9 Å². The monoisotopic (exact) mass is 492 g/mol. The van der Waals surface area contributed by atoms with Gasteiger partial charge >= 0.3 is 0 Å². The van der Waals surface area contributed by atoms with Crippen LogP contribution < -0.4 is 0 Å². The summed E-state index contributed by atoms with van der Waals surface area (Å²) in [5.41, 5.74) is 4.47. The van der Waals surface area contributed by atoms with E-state index in [2.05, 4.69) is 72.7 Å². The summed E-state index contributed by atoms with van der Waals surface area (Å²) in [6, 6.07) is 14.7. The first-order chi connectivity index (χ1) is 15.7. The standard InChI is InChI=1S/C26H29BrN4O/c27-22-10-8-18(9-11-22)25-23(31-12-4-3-7-24(31)28-25)17-29-13-20-15-30(16-21(20)14-29)26(32)19-5-1-2-6-19/h3-4,7-12,19-21H,1-2,5-6,13-17H2. The first kappa shape index (κ1) is 20.4. The number of amides is 1. The number of carbonyl (C=O) groups is 1. The van der Waals surface area contributed by atoms with Gasteiger partial charge in [0.05, 0.1) is 11.4 Å². The zero-order valence-corrected chi connectivity index (χ0v) is 19.9. The zero-order chi connectivity index (χ0) is 21.7. The number of hydrogen-bond donors (Lipinski definition) is 0. The molecule has 2 saturated heterocycles. The Morgan fingerprint density at radius 1 is 0.969 bits per heavy atom. The van der Waals surface area contributed by atoms with E-state index in [9.17, 15) is 4.79 Å². The van der Waals surface area contributed by atoms with Crippen molar-refractivity contribution in [1.82, 2.24) is 19.2 Å². The minimum absolute atomic E-state index is 0.302. The highest BCUT2D eigenvalue weighted by Crippen LogP contribution is 2.36. The van der Waals surface area contributed by atoms with Gasteiger partial charge in [-0.1, -0.05) is 47.0 Å².